The zero-order valence-electron chi connectivity index (χ0n) is 6.79. The molecule has 0 amide bonds. The normalized spacial score (nSPS) is 18.1. The highest BCUT2D eigenvalue weighted by molar-refractivity contribution is 5.98. The first-order chi connectivity index (χ1) is 5.54. The van der Waals surface area contributed by atoms with Crippen molar-refractivity contribution in [1.29, 1.82) is 0 Å². The molecule has 0 aliphatic heterocycles. The first kappa shape index (κ1) is 8.77. The number of aliphatic carboxylic acids is 1. The van der Waals surface area contributed by atoms with Crippen LogP contribution >= 0.6 is 0 Å². The Morgan fingerprint density at radius 2 is 2.00 bits per heavy atom. The Labute approximate surface area is 69.8 Å². The predicted molar refractivity (Wildman–Crippen MR) is 40.5 cm³/mol. The van der Waals surface area contributed by atoms with Gasteiger partial charge in [-0.1, -0.05) is 6.58 Å². The van der Waals surface area contributed by atoms with Gasteiger partial charge < -0.3 is 9.84 Å². The fourth-order valence-electron chi connectivity index (χ4n) is 1.09. The molecule has 4 nitrogen and oxygen atoms in total. The fourth-order valence-corrected chi connectivity index (χ4v) is 1.09. The highest BCUT2D eigenvalue weighted by atomic mass is 16.5. The molecule has 0 aromatic carbocycles. The Morgan fingerprint density at radius 1 is 1.50 bits per heavy atom. The number of carboxylic acid groups (broad SMARTS) is 1. The monoisotopic (exact) mass is 170 g/mol. The minimum absolute atomic E-state index is 0.0532. The van der Waals surface area contributed by atoms with Gasteiger partial charge in [-0.05, 0) is 12.8 Å². The molecule has 66 valence electrons. The number of carbonyl (C=O) groups is 2. The summed E-state index contributed by atoms with van der Waals surface area (Å²) in [6.07, 6.45) is 0.965. The van der Waals surface area contributed by atoms with Crippen LogP contribution in [0.3, 0.4) is 0 Å². The second-order valence-electron chi connectivity index (χ2n) is 2.86. The number of carboxylic acids is 1. The number of hydrogen-bond donors (Lipinski definition) is 1. The average Bonchev–Trinajstić information content (AvgIpc) is 2.81. The molecule has 0 heterocycles. The molecule has 12 heavy (non-hydrogen) atoms. The molecule has 0 radical (unpaired) electrons. The second kappa shape index (κ2) is 2.62. The summed E-state index contributed by atoms with van der Waals surface area (Å²) in [6, 6.07) is 0. The van der Waals surface area contributed by atoms with E-state index in [9.17, 15) is 9.59 Å². The minimum Gasteiger partial charge on any atom is -0.481 e. The summed E-state index contributed by atoms with van der Waals surface area (Å²) in [5.74, 6) is -1.62. The van der Waals surface area contributed by atoms with E-state index < -0.39 is 17.4 Å². The first-order valence-electron chi connectivity index (χ1n) is 3.55. The van der Waals surface area contributed by atoms with Crippen molar-refractivity contribution in [3.63, 3.8) is 0 Å². The quantitative estimate of drug-likeness (QED) is 0.497. The molecule has 1 N–H and O–H groups in total. The largest absolute Gasteiger partial charge is 0.481 e. The van der Waals surface area contributed by atoms with E-state index in [2.05, 4.69) is 11.3 Å². The van der Waals surface area contributed by atoms with Crippen LogP contribution in [0.25, 0.3) is 0 Å². The molecule has 1 aliphatic rings. The van der Waals surface area contributed by atoms with Gasteiger partial charge in [0.2, 0.25) is 0 Å². The highest BCUT2D eigenvalue weighted by Gasteiger charge is 2.55. The van der Waals surface area contributed by atoms with Gasteiger partial charge in [0.05, 0.1) is 12.5 Å². The number of hydrogen-bond acceptors (Lipinski definition) is 3. The molecule has 0 saturated heterocycles. The number of ether oxygens (including phenoxy) is 1. The molecule has 4 heteroatoms. The molecule has 0 spiro atoms. The van der Waals surface area contributed by atoms with E-state index in [0.717, 1.165) is 0 Å². The Balaban J connectivity index is 2.77. The molecule has 1 fully saturated rings. The van der Waals surface area contributed by atoms with Crippen molar-refractivity contribution in [3.8, 4) is 0 Å². The summed E-state index contributed by atoms with van der Waals surface area (Å²) in [4.78, 5) is 21.6. The van der Waals surface area contributed by atoms with Crippen molar-refractivity contribution in [2.45, 2.75) is 12.8 Å². The molecule has 0 aromatic rings. The maximum atomic E-state index is 10.9. The van der Waals surface area contributed by atoms with E-state index in [1.54, 1.807) is 0 Å². The van der Waals surface area contributed by atoms with Crippen molar-refractivity contribution in [2.24, 2.45) is 5.41 Å². The molecule has 0 aromatic heterocycles. The summed E-state index contributed by atoms with van der Waals surface area (Å²) >= 11 is 0. The summed E-state index contributed by atoms with van der Waals surface area (Å²) in [6.45, 7) is 3.43. The third kappa shape index (κ3) is 1.09. The standard InChI is InChI=1S/C8H10O4/c1-5(6(9)12-2)8(3-4-8)7(10)11/h1,3-4H2,2H3,(H,10,11). The highest BCUT2D eigenvalue weighted by Crippen LogP contribution is 2.51. The predicted octanol–water partition coefficient (Wildman–Crippen LogP) is 0.580. The summed E-state index contributed by atoms with van der Waals surface area (Å²) < 4.78 is 4.39. The van der Waals surface area contributed by atoms with Gasteiger partial charge in [-0.15, -0.1) is 0 Å². The van der Waals surface area contributed by atoms with Crippen molar-refractivity contribution < 1.29 is 19.4 Å². The van der Waals surface area contributed by atoms with Gasteiger partial charge in [-0.3, -0.25) is 4.79 Å². The Bertz CT molecular complexity index is 250. The van der Waals surface area contributed by atoms with Crippen LogP contribution in [-0.4, -0.2) is 24.2 Å². The smallest absolute Gasteiger partial charge is 0.334 e. The van der Waals surface area contributed by atoms with Gasteiger partial charge in [-0.25, -0.2) is 4.79 Å². The number of esters is 1. The summed E-state index contributed by atoms with van der Waals surface area (Å²) in [7, 11) is 1.21. The molecule has 1 aliphatic carbocycles. The van der Waals surface area contributed by atoms with Crippen LogP contribution in [0.4, 0.5) is 0 Å². The van der Waals surface area contributed by atoms with Gasteiger partial charge in [0, 0.05) is 5.57 Å². The molecular formula is C8H10O4. The summed E-state index contributed by atoms with van der Waals surface area (Å²) in [5, 5.41) is 8.75. The molecule has 1 rings (SSSR count). The molecular weight excluding hydrogens is 160 g/mol. The third-order valence-electron chi connectivity index (χ3n) is 2.17. The zero-order chi connectivity index (χ0) is 9.35. The molecule has 0 bridgehead atoms. The van der Waals surface area contributed by atoms with Crippen molar-refractivity contribution >= 4 is 11.9 Å². The van der Waals surface area contributed by atoms with Gasteiger partial charge >= 0.3 is 11.9 Å². The third-order valence-corrected chi connectivity index (χ3v) is 2.17. The lowest BCUT2D eigenvalue weighted by atomic mass is 9.98. The maximum absolute atomic E-state index is 10.9. The second-order valence-corrected chi connectivity index (χ2v) is 2.86. The van der Waals surface area contributed by atoms with Crippen LogP contribution in [0.15, 0.2) is 12.2 Å². The Hall–Kier alpha value is -1.32. The fraction of sp³-hybridized carbons (Fsp3) is 0.500. The van der Waals surface area contributed by atoms with Gasteiger partial charge in [0.25, 0.3) is 0 Å². The van der Waals surface area contributed by atoms with E-state index >= 15 is 0 Å². The number of methoxy groups -OCH3 is 1. The van der Waals surface area contributed by atoms with Gasteiger partial charge in [-0.2, -0.15) is 0 Å². The average molecular weight is 170 g/mol. The van der Waals surface area contributed by atoms with Crippen LogP contribution in [-0.2, 0) is 14.3 Å². The first-order valence-corrected chi connectivity index (χ1v) is 3.55. The van der Waals surface area contributed by atoms with E-state index in [4.69, 9.17) is 5.11 Å². The van der Waals surface area contributed by atoms with E-state index in [1.807, 2.05) is 0 Å². The van der Waals surface area contributed by atoms with E-state index in [0.29, 0.717) is 12.8 Å². The summed E-state index contributed by atoms with van der Waals surface area (Å²) in [5.41, 5.74) is -0.967. The van der Waals surface area contributed by atoms with Crippen molar-refractivity contribution in [1.82, 2.24) is 0 Å². The van der Waals surface area contributed by atoms with Crippen LogP contribution in [0.1, 0.15) is 12.8 Å². The van der Waals surface area contributed by atoms with Crippen molar-refractivity contribution in [3.05, 3.63) is 12.2 Å². The Morgan fingerprint density at radius 3 is 2.25 bits per heavy atom. The van der Waals surface area contributed by atoms with Crippen LogP contribution in [0, 0.1) is 5.41 Å². The SMILES string of the molecule is C=C(C(=O)OC)C1(C(=O)O)CC1. The molecule has 1 saturated carbocycles. The minimum atomic E-state index is -1.02. The molecule has 0 unspecified atom stereocenters. The van der Waals surface area contributed by atoms with Gasteiger partial charge in [0.1, 0.15) is 0 Å². The van der Waals surface area contributed by atoms with Crippen molar-refractivity contribution in [2.75, 3.05) is 7.11 Å². The number of rotatable bonds is 3. The van der Waals surface area contributed by atoms with E-state index in [-0.39, 0.29) is 5.57 Å². The lowest BCUT2D eigenvalue weighted by Gasteiger charge is -2.10. The van der Waals surface area contributed by atoms with Crippen LogP contribution < -0.4 is 0 Å². The topological polar surface area (TPSA) is 63.6 Å². The van der Waals surface area contributed by atoms with Crippen LogP contribution in [0.2, 0.25) is 0 Å². The Kier molecular flexibility index (Phi) is 1.92. The lowest BCUT2D eigenvalue weighted by molar-refractivity contribution is -0.146. The van der Waals surface area contributed by atoms with Gasteiger partial charge in [0.15, 0.2) is 0 Å². The lowest BCUT2D eigenvalue weighted by Crippen LogP contribution is -2.22. The number of carbonyl (C=O) groups excluding carboxylic acids is 1. The zero-order valence-corrected chi connectivity index (χ0v) is 6.79. The van der Waals surface area contributed by atoms with E-state index in [1.165, 1.54) is 7.11 Å². The maximum Gasteiger partial charge on any atom is 0.334 e. The van der Waals surface area contributed by atoms with Crippen LogP contribution in [0.5, 0.6) is 0 Å². The molecule has 0 atom stereocenters.